The third-order valence-corrected chi connectivity index (χ3v) is 4.34. The van der Waals surface area contributed by atoms with Gasteiger partial charge in [0.15, 0.2) is 12.4 Å². The number of para-hydroxylation sites is 1. The Morgan fingerprint density at radius 3 is 2.68 bits per heavy atom. The predicted octanol–water partition coefficient (Wildman–Crippen LogP) is 2.55. The molecule has 0 aliphatic heterocycles. The lowest BCUT2D eigenvalue weighted by Gasteiger charge is -2.20. The van der Waals surface area contributed by atoms with E-state index in [2.05, 4.69) is 9.97 Å². The number of Topliss-reactive ketones (excluding diaryl/α,β-unsaturated/α-hetero) is 1. The maximum Gasteiger partial charge on any atom is 0.260 e. The monoisotopic (exact) mass is 379 g/mol. The summed E-state index contributed by atoms with van der Waals surface area (Å²) in [7, 11) is 0. The Balaban J connectivity index is 1.69. The van der Waals surface area contributed by atoms with Crippen molar-refractivity contribution in [1.82, 2.24) is 14.9 Å². The minimum absolute atomic E-state index is 0.0710. The Bertz CT molecular complexity index is 1070. The van der Waals surface area contributed by atoms with Crippen molar-refractivity contribution in [2.24, 2.45) is 0 Å². The number of carbonyl (C=O) groups excluding carboxylic acids is 2. The number of ether oxygens (including phenoxy) is 1. The van der Waals surface area contributed by atoms with Crippen LogP contribution in [0, 0.1) is 0 Å². The van der Waals surface area contributed by atoms with E-state index in [1.807, 2.05) is 13.0 Å². The van der Waals surface area contributed by atoms with Crippen molar-refractivity contribution in [2.75, 3.05) is 13.2 Å². The van der Waals surface area contributed by atoms with E-state index in [0.717, 1.165) is 0 Å². The highest BCUT2D eigenvalue weighted by Crippen LogP contribution is 2.14. The van der Waals surface area contributed by atoms with Gasteiger partial charge in [-0.2, -0.15) is 0 Å². The first-order valence-corrected chi connectivity index (χ1v) is 8.97. The van der Waals surface area contributed by atoms with Crippen LogP contribution in [0.25, 0.3) is 10.9 Å². The molecular formula is C21H21N3O4. The maximum absolute atomic E-state index is 12.5. The van der Waals surface area contributed by atoms with E-state index in [9.17, 15) is 14.4 Å². The fourth-order valence-electron chi connectivity index (χ4n) is 2.81. The Labute approximate surface area is 162 Å². The first-order chi connectivity index (χ1) is 13.5. The molecule has 1 N–H and O–H groups in total. The standard InChI is InChI=1S/C21H21N3O4/c1-3-24(12-19-22-18-10-5-4-9-17(18)21(27)23-19)20(26)13-28-16-8-6-7-15(11-16)14(2)25/h4-11H,3,12-13H2,1-2H3,(H,22,23,27). The van der Waals surface area contributed by atoms with Crippen molar-refractivity contribution in [3.63, 3.8) is 0 Å². The molecule has 0 atom stereocenters. The van der Waals surface area contributed by atoms with Gasteiger partial charge < -0.3 is 14.6 Å². The highest BCUT2D eigenvalue weighted by Gasteiger charge is 2.15. The average Bonchev–Trinajstić information content (AvgIpc) is 2.70. The molecular weight excluding hydrogens is 358 g/mol. The zero-order valence-electron chi connectivity index (χ0n) is 15.8. The number of likely N-dealkylation sites (N-methyl/N-ethyl adjacent to an activating group) is 1. The van der Waals surface area contributed by atoms with Gasteiger partial charge >= 0.3 is 0 Å². The normalized spacial score (nSPS) is 10.6. The molecule has 144 valence electrons. The lowest BCUT2D eigenvalue weighted by molar-refractivity contribution is -0.133. The molecule has 0 spiro atoms. The molecule has 0 saturated heterocycles. The zero-order valence-corrected chi connectivity index (χ0v) is 15.8. The number of benzene rings is 2. The molecule has 0 aliphatic rings. The second kappa shape index (κ2) is 8.47. The molecule has 0 radical (unpaired) electrons. The van der Waals surface area contributed by atoms with Gasteiger partial charge in [-0.05, 0) is 38.1 Å². The predicted molar refractivity (Wildman–Crippen MR) is 105 cm³/mol. The Hall–Kier alpha value is -3.48. The third kappa shape index (κ3) is 4.43. The lowest BCUT2D eigenvalue weighted by atomic mass is 10.1. The van der Waals surface area contributed by atoms with Gasteiger partial charge in [-0.1, -0.05) is 24.3 Å². The van der Waals surface area contributed by atoms with Crippen molar-refractivity contribution in [3.8, 4) is 5.75 Å². The van der Waals surface area contributed by atoms with Gasteiger partial charge in [0, 0.05) is 12.1 Å². The second-order valence-corrected chi connectivity index (χ2v) is 6.31. The summed E-state index contributed by atoms with van der Waals surface area (Å²) in [4.78, 5) is 44.9. The maximum atomic E-state index is 12.5. The fourth-order valence-corrected chi connectivity index (χ4v) is 2.81. The third-order valence-electron chi connectivity index (χ3n) is 4.34. The molecule has 0 aliphatic carbocycles. The van der Waals surface area contributed by atoms with Crippen LogP contribution in [-0.2, 0) is 11.3 Å². The summed E-state index contributed by atoms with van der Waals surface area (Å²) in [6.45, 7) is 3.75. The summed E-state index contributed by atoms with van der Waals surface area (Å²) in [5.74, 6) is 0.552. The molecule has 0 fully saturated rings. The summed E-state index contributed by atoms with van der Waals surface area (Å²) < 4.78 is 5.54. The molecule has 0 saturated carbocycles. The Kier molecular flexibility index (Phi) is 5.84. The molecule has 3 rings (SSSR count). The van der Waals surface area contributed by atoms with Gasteiger partial charge in [0.05, 0.1) is 17.4 Å². The SMILES string of the molecule is CCN(Cc1nc2ccccc2c(=O)[nH]1)C(=O)COc1cccc(C(C)=O)c1. The van der Waals surface area contributed by atoms with Crippen LogP contribution in [0.3, 0.4) is 0 Å². The molecule has 1 heterocycles. The average molecular weight is 379 g/mol. The van der Waals surface area contributed by atoms with Crippen molar-refractivity contribution in [3.05, 3.63) is 70.3 Å². The van der Waals surface area contributed by atoms with Gasteiger partial charge in [-0.15, -0.1) is 0 Å². The number of nitrogens with one attached hydrogen (secondary N) is 1. The quantitative estimate of drug-likeness (QED) is 0.637. The molecule has 1 amide bonds. The summed E-state index contributed by atoms with van der Waals surface area (Å²) in [6, 6.07) is 13.7. The molecule has 7 nitrogen and oxygen atoms in total. The van der Waals surface area contributed by atoms with Crippen molar-refractivity contribution in [2.45, 2.75) is 20.4 Å². The number of ketones is 1. The van der Waals surface area contributed by atoms with Crippen LogP contribution in [0.15, 0.2) is 53.3 Å². The van der Waals surface area contributed by atoms with E-state index in [1.165, 1.54) is 6.92 Å². The fraction of sp³-hybridized carbons (Fsp3) is 0.238. The van der Waals surface area contributed by atoms with Crippen LogP contribution < -0.4 is 10.3 Å². The van der Waals surface area contributed by atoms with Crippen molar-refractivity contribution in [1.29, 1.82) is 0 Å². The Morgan fingerprint density at radius 1 is 1.14 bits per heavy atom. The number of hydrogen-bond donors (Lipinski definition) is 1. The van der Waals surface area contributed by atoms with Crippen molar-refractivity contribution >= 4 is 22.6 Å². The van der Waals surface area contributed by atoms with E-state index in [1.54, 1.807) is 47.4 Å². The van der Waals surface area contributed by atoms with Crippen LogP contribution in [0.5, 0.6) is 5.75 Å². The second-order valence-electron chi connectivity index (χ2n) is 6.31. The summed E-state index contributed by atoms with van der Waals surface area (Å²) in [6.07, 6.45) is 0. The van der Waals surface area contributed by atoms with E-state index in [4.69, 9.17) is 4.74 Å². The molecule has 0 bridgehead atoms. The first-order valence-electron chi connectivity index (χ1n) is 8.97. The number of rotatable bonds is 7. The molecule has 3 aromatic rings. The number of H-pyrrole nitrogens is 1. The number of aromatic nitrogens is 2. The van der Waals surface area contributed by atoms with E-state index < -0.39 is 0 Å². The van der Waals surface area contributed by atoms with Crippen molar-refractivity contribution < 1.29 is 14.3 Å². The smallest absolute Gasteiger partial charge is 0.260 e. The van der Waals surface area contributed by atoms with Gasteiger partial charge in [0.2, 0.25) is 0 Å². The van der Waals surface area contributed by atoms with Crippen LogP contribution in [0.1, 0.15) is 30.0 Å². The number of amides is 1. The van der Waals surface area contributed by atoms with Gasteiger partial charge in [-0.3, -0.25) is 14.4 Å². The van der Waals surface area contributed by atoms with Crippen LogP contribution in [0.4, 0.5) is 0 Å². The Morgan fingerprint density at radius 2 is 1.93 bits per heavy atom. The van der Waals surface area contributed by atoms with Gasteiger partial charge in [0.25, 0.3) is 11.5 Å². The molecule has 7 heteroatoms. The highest BCUT2D eigenvalue weighted by molar-refractivity contribution is 5.94. The van der Waals surface area contributed by atoms with E-state index in [-0.39, 0.29) is 30.4 Å². The summed E-state index contributed by atoms with van der Waals surface area (Å²) >= 11 is 0. The summed E-state index contributed by atoms with van der Waals surface area (Å²) in [5, 5.41) is 0.509. The first kappa shape index (κ1) is 19.3. The minimum Gasteiger partial charge on any atom is -0.484 e. The van der Waals surface area contributed by atoms with E-state index in [0.29, 0.717) is 34.6 Å². The van der Waals surface area contributed by atoms with Gasteiger partial charge in [-0.25, -0.2) is 4.98 Å². The largest absolute Gasteiger partial charge is 0.484 e. The van der Waals surface area contributed by atoms with Crippen LogP contribution in [0.2, 0.25) is 0 Å². The zero-order chi connectivity index (χ0) is 20.1. The number of hydrogen-bond acceptors (Lipinski definition) is 5. The number of aromatic amines is 1. The molecule has 28 heavy (non-hydrogen) atoms. The lowest BCUT2D eigenvalue weighted by Crippen LogP contribution is -2.35. The minimum atomic E-state index is -0.244. The molecule has 0 unspecified atom stereocenters. The number of fused-ring (bicyclic) bond motifs is 1. The summed E-state index contributed by atoms with van der Waals surface area (Å²) in [5.41, 5.74) is 0.874. The highest BCUT2D eigenvalue weighted by atomic mass is 16.5. The molecule has 1 aromatic heterocycles. The van der Waals surface area contributed by atoms with Crippen LogP contribution >= 0.6 is 0 Å². The van der Waals surface area contributed by atoms with Gasteiger partial charge in [0.1, 0.15) is 11.6 Å². The topological polar surface area (TPSA) is 92.4 Å². The molecule has 2 aromatic carbocycles. The van der Waals surface area contributed by atoms with Crippen LogP contribution in [-0.4, -0.2) is 39.7 Å². The number of nitrogens with zero attached hydrogens (tertiary/aromatic N) is 2. The van der Waals surface area contributed by atoms with E-state index >= 15 is 0 Å². The number of carbonyl (C=O) groups is 2.